The Morgan fingerprint density at radius 3 is 2.29 bits per heavy atom. The molecule has 2 aromatic rings. The van der Waals surface area contributed by atoms with Crippen LogP contribution in [0.4, 0.5) is 0 Å². The lowest BCUT2D eigenvalue weighted by molar-refractivity contribution is -0.301. The van der Waals surface area contributed by atoms with E-state index in [0.717, 1.165) is 6.42 Å². The van der Waals surface area contributed by atoms with Gasteiger partial charge in [0, 0.05) is 28.1 Å². The molecule has 0 unspecified atom stereocenters. The summed E-state index contributed by atoms with van der Waals surface area (Å²) in [7, 11) is 0. The van der Waals surface area contributed by atoms with E-state index in [0.29, 0.717) is 12.2 Å². The molecule has 0 saturated heterocycles. The van der Waals surface area contributed by atoms with Gasteiger partial charge < -0.3 is 24.8 Å². The number of H-pyrrole nitrogens is 1. The van der Waals surface area contributed by atoms with Gasteiger partial charge in [-0.25, -0.2) is 4.98 Å². The van der Waals surface area contributed by atoms with Crippen molar-refractivity contribution >= 4 is 23.3 Å². The van der Waals surface area contributed by atoms with Crippen LogP contribution < -0.4 is 10.2 Å². The highest BCUT2D eigenvalue weighted by Crippen LogP contribution is 2.22. The lowest BCUT2D eigenvalue weighted by atomic mass is 10.1. The Hall–Kier alpha value is -2.41. The third-order valence-electron chi connectivity index (χ3n) is 2.44. The highest BCUT2D eigenvalue weighted by molar-refractivity contribution is 7.12. The minimum Gasteiger partial charge on any atom is -0.545 e. The van der Waals surface area contributed by atoms with Crippen molar-refractivity contribution < 1.29 is 19.8 Å². The molecule has 6 nitrogen and oxygen atoms in total. The predicted molar refractivity (Wildman–Crippen MR) is 74.3 cm³/mol. The van der Waals surface area contributed by atoms with Crippen LogP contribution in [0.2, 0.25) is 0 Å². The first-order valence-corrected chi connectivity index (χ1v) is 6.83. The van der Waals surface area contributed by atoms with E-state index in [-0.39, 0.29) is 0 Å². The number of aromatic nitrogens is 2. The maximum absolute atomic E-state index is 9.41. The normalized spacial score (nSPS) is 10.2. The van der Waals surface area contributed by atoms with Crippen molar-refractivity contribution in [1.82, 2.24) is 9.97 Å². The number of carboxylic acid groups (broad SMARTS) is 2. The number of nitrogens with one attached hydrogen (secondary N) is 1. The molecular weight excluding hydrogens is 292 g/mol. The Kier molecular flexibility index (Phi) is 6.35. The van der Waals surface area contributed by atoms with Crippen LogP contribution in [0.3, 0.4) is 0 Å². The number of carbonyl (C=O) groups is 2. The van der Waals surface area contributed by atoms with Gasteiger partial charge in [0.05, 0.1) is 18.3 Å². The van der Waals surface area contributed by atoms with Crippen LogP contribution >= 0.6 is 11.3 Å². The summed E-state index contributed by atoms with van der Waals surface area (Å²) in [5.74, 6) is -3.09. The van der Waals surface area contributed by atoms with Gasteiger partial charge in [-0.1, -0.05) is 0 Å². The molecule has 0 radical (unpaired) electrons. The average molecular weight is 306 g/mol. The second-order valence-corrected chi connectivity index (χ2v) is 5.62. The maximum Gasteiger partial charge on any atom is 0.0921 e. The SMILES string of the molecule is Cc1cc(Cc2cnc[nH]2)c(C)s1.O=C([O-])/C=C/C(=O)[O-]. The average Bonchev–Trinajstić information content (AvgIpc) is 2.99. The molecule has 2 rings (SSSR count). The van der Waals surface area contributed by atoms with E-state index in [4.69, 9.17) is 0 Å². The van der Waals surface area contributed by atoms with Crippen LogP contribution in [0.25, 0.3) is 0 Å². The topological polar surface area (TPSA) is 109 Å². The number of rotatable bonds is 4. The van der Waals surface area contributed by atoms with Gasteiger partial charge in [-0.15, -0.1) is 11.3 Å². The van der Waals surface area contributed by atoms with Crippen LogP contribution in [0.5, 0.6) is 0 Å². The van der Waals surface area contributed by atoms with E-state index in [1.807, 2.05) is 17.5 Å². The summed E-state index contributed by atoms with van der Waals surface area (Å²) in [6, 6.07) is 2.25. The molecular formula is C14H14N2O4S-2. The van der Waals surface area contributed by atoms with E-state index < -0.39 is 11.9 Å². The summed E-state index contributed by atoms with van der Waals surface area (Å²) < 4.78 is 0. The molecule has 0 spiro atoms. The minimum atomic E-state index is -1.55. The molecule has 0 saturated carbocycles. The smallest absolute Gasteiger partial charge is 0.0921 e. The zero-order valence-corrected chi connectivity index (χ0v) is 12.4. The number of imidazole rings is 1. The molecule has 0 amide bonds. The van der Waals surface area contributed by atoms with Crippen LogP contribution in [0, 0.1) is 13.8 Å². The van der Waals surface area contributed by atoms with Crippen molar-refractivity contribution in [2.45, 2.75) is 20.3 Å². The molecule has 0 aromatic carbocycles. The van der Waals surface area contributed by atoms with Gasteiger partial charge in [-0.05, 0) is 37.6 Å². The number of thiophene rings is 1. The van der Waals surface area contributed by atoms with Crippen LogP contribution in [-0.4, -0.2) is 21.9 Å². The molecule has 0 aliphatic heterocycles. The zero-order valence-electron chi connectivity index (χ0n) is 11.6. The third kappa shape index (κ3) is 6.53. The molecule has 0 bridgehead atoms. The standard InChI is InChI=1S/C10H12N2S.C4H4O4/c1-7-3-9(8(2)13-7)4-10-5-11-6-12-10;5-3(6)1-2-4(7)8/h3,5-6H,4H2,1-2H3,(H,11,12);1-2H,(H,5,6)(H,7,8)/p-2/b;2-1+. The summed E-state index contributed by atoms with van der Waals surface area (Å²) in [4.78, 5) is 28.7. The Bertz CT molecular complexity index is 613. The number of hydrogen-bond acceptors (Lipinski definition) is 6. The van der Waals surface area contributed by atoms with Gasteiger partial charge in [0.25, 0.3) is 0 Å². The first kappa shape index (κ1) is 16.6. The fourth-order valence-corrected chi connectivity index (χ4v) is 2.53. The molecule has 2 heterocycles. The quantitative estimate of drug-likeness (QED) is 0.781. The zero-order chi connectivity index (χ0) is 15.8. The number of carbonyl (C=O) groups excluding carboxylic acids is 2. The summed E-state index contributed by atoms with van der Waals surface area (Å²) >= 11 is 1.86. The highest BCUT2D eigenvalue weighted by Gasteiger charge is 2.04. The molecule has 21 heavy (non-hydrogen) atoms. The van der Waals surface area contributed by atoms with Gasteiger partial charge in [0.15, 0.2) is 0 Å². The second kappa shape index (κ2) is 8.01. The predicted octanol–water partition coefficient (Wildman–Crippen LogP) is -0.279. The Morgan fingerprint density at radius 2 is 1.90 bits per heavy atom. The van der Waals surface area contributed by atoms with Gasteiger partial charge in [0.2, 0.25) is 0 Å². The van der Waals surface area contributed by atoms with E-state index >= 15 is 0 Å². The molecule has 2 aromatic heterocycles. The van der Waals surface area contributed by atoms with Crippen molar-refractivity contribution in [2.75, 3.05) is 0 Å². The van der Waals surface area contributed by atoms with Crippen molar-refractivity contribution in [1.29, 1.82) is 0 Å². The summed E-state index contributed by atoms with van der Waals surface area (Å²) in [6.07, 6.45) is 5.34. The molecule has 0 aliphatic rings. The summed E-state index contributed by atoms with van der Waals surface area (Å²) in [5.41, 5.74) is 2.59. The minimum absolute atomic E-state index is 0.384. The Morgan fingerprint density at radius 1 is 1.29 bits per heavy atom. The lowest BCUT2D eigenvalue weighted by Gasteiger charge is -1.95. The molecule has 112 valence electrons. The summed E-state index contributed by atoms with van der Waals surface area (Å²) in [6.45, 7) is 4.32. The van der Waals surface area contributed by atoms with E-state index in [9.17, 15) is 19.8 Å². The highest BCUT2D eigenvalue weighted by atomic mass is 32.1. The number of carboxylic acids is 2. The number of aromatic amines is 1. The number of aryl methyl sites for hydroxylation is 2. The largest absolute Gasteiger partial charge is 0.545 e. The molecule has 1 N–H and O–H groups in total. The maximum atomic E-state index is 9.41. The monoisotopic (exact) mass is 306 g/mol. The van der Waals surface area contributed by atoms with Crippen molar-refractivity contribution in [3.63, 3.8) is 0 Å². The van der Waals surface area contributed by atoms with Gasteiger partial charge in [-0.3, -0.25) is 0 Å². The molecule has 0 fully saturated rings. The molecule has 0 aliphatic carbocycles. The number of aliphatic carboxylic acids is 2. The Labute approximate surface area is 125 Å². The first-order chi connectivity index (χ1) is 9.88. The fraction of sp³-hybridized carbons (Fsp3) is 0.214. The van der Waals surface area contributed by atoms with Crippen molar-refractivity contribution in [3.8, 4) is 0 Å². The fourth-order valence-electron chi connectivity index (χ4n) is 1.58. The first-order valence-electron chi connectivity index (χ1n) is 6.01. The van der Waals surface area contributed by atoms with Crippen LogP contribution in [0.15, 0.2) is 30.7 Å². The third-order valence-corrected chi connectivity index (χ3v) is 3.44. The van der Waals surface area contributed by atoms with Crippen molar-refractivity contribution in [2.24, 2.45) is 0 Å². The van der Waals surface area contributed by atoms with E-state index in [1.165, 1.54) is 21.0 Å². The Balaban J connectivity index is 0.000000240. The second-order valence-electron chi connectivity index (χ2n) is 4.16. The van der Waals surface area contributed by atoms with Crippen molar-refractivity contribution in [3.05, 3.63) is 51.8 Å². The number of nitrogens with zero attached hydrogens (tertiary/aromatic N) is 1. The lowest BCUT2D eigenvalue weighted by Crippen LogP contribution is -2.23. The number of hydrogen-bond donors (Lipinski definition) is 1. The molecule has 7 heteroatoms. The van der Waals surface area contributed by atoms with E-state index in [1.54, 1.807) is 6.33 Å². The van der Waals surface area contributed by atoms with Crippen LogP contribution in [0.1, 0.15) is 21.0 Å². The van der Waals surface area contributed by atoms with E-state index in [2.05, 4.69) is 29.9 Å². The van der Waals surface area contributed by atoms with Gasteiger partial charge in [-0.2, -0.15) is 0 Å². The van der Waals surface area contributed by atoms with Crippen LogP contribution in [-0.2, 0) is 16.0 Å². The van der Waals surface area contributed by atoms with Gasteiger partial charge in [0.1, 0.15) is 0 Å². The van der Waals surface area contributed by atoms with Gasteiger partial charge >= 0.3 is 0 Å². The molecule has 0 atom stereocenters. The summed E-state index contributed by atoms with van der Waals surface area (Å²) in [5, 5.41) is 18.8.